The lowest BCUT2D eigenvalue weighted by atomic mass is 9.78. The first-order chi connectivity index (χ1) is 16.8. The van der Waals surface area contributed by atoms with Crippen molar-refractivity contribution in [1.82, 2.24) is 0 Å². The van der Waals surface area contributed by atoms with Gasteiger partial charge in [-0.1, -0.05) is 104 Å². The average molecular weight is 471 g/mol. The maximum atomic E-state index is 6.10. The lowest BCUT2D eigenvalue weighted by Gasteiger charge is -2.28. The van der Waals surface area contributed by atoms with Gasteiger partial charge in [-0.3, -0.25) is 0 Å². The van der Waals surface area contributed by atoms with Crippen LogP contribution in [0.4, 0.5) is 0 Å². The fourth-order valence-electron chi connectivity index (χ4n) is 6.35. The fraction of sp³-hybridized carbons (Fsp3) is 0.812. The van der Waals surface area contributed by atoms with E-state index in [9.17, 15) is 0 Å². The van der Waals surface area contributed by atoms with Gasteiger partial charge in [0.25, 0.3) is 0 Å². The molecule has 0 N–H and O–H groups in total. The summed E-state index contributed by atoms with van der Waals surface area (Å²) in [6.45, 7) is 6.33. The second kappa shape index (κ2) is 16.5. The van der Waals surface area contributed by atoms with Gasteiger partial charge in [0, 0.05) is 0 Å². The quantitative estimate of drug-likeness (QED) is 0.224. The van der Waals surface area contributed by atoms with E-state index in [-0.39, 0.29) is 0 Å². The smallest absolute Gasteiger partial charge is 0.119 e. The molecule has 1 aromatic carbocycles. The summed E-state index contributed by atoms with van der Waals surface area (Å²) in [5, 5.41) is 0. The minimum Gasteiger partial charge on any atom is -0.494 e. The monoisotopic (exact) mass is 470 g/mol. The Morgan fingerprint density at radius 3 is 1.62 bits per heavy atom. The highest BCUT2D eigenvalue weighted by Gasteiger charge is 2.21. The largest absolute Gasteiger partial charge is 0.494 e. The Kier molecular flexibility index (Phi) is 13.3. The molecule has 0 saturated heterocycles. The van der Waals surface area contributed by atoms with Crippen molar-refractivity contribution in [3.05, 3.63) is 24.3 Å². The molecule has 2 aliphatic rings. The van der Waals surface area contributed by atoms with Gasteiger partial charge in [-0.05, 0) is 73.6 Å². The summed E-state index contributed by atoms with van der Waals surface area (Å²) in [7, 11) is 0. The van der Waals surface area contributed by atoms with Crippen LogP contribution in [0.1, 0.15) is 129 Å². The van der Waals surface area contributed by atoms with E-state index in [4.69, 9.17) is 9.47 Å². The van der Waals surface area contributed by atoms with Crippen LogP contribution in [-0.4, -0.2) is 13.2 Å². The van der Waals surface area contributed by atoms with Crippen LogP contribution in [0.15, 0.2) is 24.3 Å². The molecule has 0 spiro atoms. The number of rotatable bonds is 16. The van der Waals surface area contributed by atoms with E-state index in [1.807, 2.05) is 0 Å². The molecule has 0 aromatic heterocycles. The third kappa shape index (κ3) is 10.6. The third-order valence-corrected chi connectivity index (χ3v) is 8.68. The first-order valence-electron chi connectivity index (χ1n) is 15.1. The van der Waals surface area contributed by atoms with Crippen LogP contribution in [0.25, 0.3) is 0 Å². The van der Waals surface area contributed by atoms with Gasteiger partial charge in [0.05, 0.1) is 13.2 Å². The summed E-state index contributed by atoms with van der Waals surface area (Å²) in [6.07, 6.45) is 25.2. The Labute approximate surface area is 211 Å². The molecule has 2 nitrogen and oxygen atoms in total. The summed E-state index contributed by atoms with van der Waals surface area (Å²) in [4.78, 5) is 0. The summed E-state index contributed by atoms with van der Waals surface area (Å²) in [6, 6.07) is 8.33. The molecular weight excluding hydrogens is 416 g/mol. The SMILES string of the molecule is CCCCCCCC1CCC(CCCOc2ccc(OCC3CCC(CCC)CC3)cc2)CC1. The Hall–Kier alpha value is -1.18. The van der Waals surface area contributed by atoms with Gasteiger partial charge in [0.15, 0.2) is 0 Å². The fourth-order valence-corrected chi connectivity index (χ4v) is 6.35. The zero-order valence-corrected chi connectivity index (χ0v) is 22.6. The van der Waals surface area contributed by atoms with Gasteiger partial charge in [-0.25, -0.2) is 0 Å². The Balaban J connectivity index is 1.20. The Bertz CT molecular complexity index is 608. The molecule has 1 aromatic rings. The van der Waals surface area contributed by atoms with E-state index in [0.29, 0.717) is 0 Å². The van der Waals surface area contributed by atoms with Crippen molar-refractivity contribution in [2.45, 2.75) is 129 Å². The van der Waals surface area contributed by atoms with Crippen molar-refractivity contribution in [2.24, 2.45) is 23.7 Å². The Morgan fingerprint density at radius 1 is 0.529 bits per heavy atom. The molecule has 0 bridgehead atoms. The van der Waals surface area contributed by atoms with E-state index in [0.717, 1.165) is 48.4 Å². The molecule has 0 unspecified atom stereocenters. The Morgan fingerprint density at radius 2 is 1.03 bits per heavy atom. The van der Waals surface area contributed by atoms with Crippen LogP contribution < -0.4 is 9.47 Å². The molecule has 0 radical (unpaired) electrons. The highest BCUT2D eigenvalue weighted by atomic mass is 16.5. The number of hydrogen-bond donors (Lipinski definition) is 0. The lowest BCUT2D eigenvalue weighted by Crippen LogP contribution is -2.20. The number of unbranched alkanes of at least 4 members (excludes halogenated alkanes) is 4. The van der Waals surface area contributed by atoms with Crippen LogP contribution in [0, 0.1) is 23.7 Å². The van der Waals surface area contributed by atoms with Gasteiger partial charge in [0.1, 0.15) is 11.5 Å². The van der Waals surface area contributed by atoms with Crippen molar-refractivity contribution in [3.63, 3.8) is 0 Å². The highest BCUT2D eigenvalue weighted by molar-refractivity contribution is 5.31. The molecule has 194 valence electrons. The summed E-state index contributed by atoms with van der Waals surface area (Å²) >= 11 is 0. The molecule has 2 fully saturated rings. The van der Waals surface area contributed by atoms with Crippen LogP contribution in [0.5, 0.6) is 11.5 Å². The maximum absolute atomic E-state index is 6.10. The molecular formula is C32H54O2. The van der Waals surface area contributed by atoms with E-state index in [1.165, 1.54) is 116 Å². The second-order valence-corrected chi connectivity index (χ2v) is 11.5. The molecule has 34 heavy (non-hydrogen) atoms. The van der Waals surface area contributed by atoms with E-state index >= 15 is 0 Å². The number of ether oxygens (including phenoxy) is 2. The molecule has 2 aliphatic carbocycles. The lowest BCUT2D eigenvalue weighted by molar-refractivity contribution is 0.178. The molecule has 0 amide bonds. The molecule has 0 heterocycles. The van der Waals surface area contributed by atoms with E-state index in [1.54, 1.807) is 0 Å². The van der Waals surface area contributed by atoms with Crippen molar-refractivity contribution >= 4 is 0 Å². The minimum atomic E-state index is 0.741. The first kappa shape index (κ1) is 27.4. The molecule has 2 heteroatoms. The minimum absolute atomic E-state index is 0.741. The number of benzene rings is 1. The predicted molar refractivity (Wildman–Crippen MR) is 146 cm³/mol. The van der Waals surface area contributed by atoms with Gasteiger partial charge in [-0.2, -0.15) is 0 Å². The van der Waals surface area contributed by atoms with Crippen molar-refractivity contribution in [1.29, 1.82) is 0 Å². The van der Waals surface area contributed by atoms with Crippen LogP contribution in [0.2, 0.25) is 0 Å². The zero-order valence-electron chi connectivity index (χ0n) is 22.6. The molecule has 0 atom stereocenters. The topological polar surface area (TPSA) is 18.5 Å². The van der Waals surface area contributed by atoms with Crippen LogP contribution >= 0.6 is 0 Å². The summed E-state index contributed by atoms with van der Waals surface area (Å²) in [5.74, 6) is 5.64. The van der Waals surface area contributed by atoms with E-state index < -0.39 is 0 Å². The molecule has 3 rings (SSSR count). The zero-order chi connectivity index (χ0) is 23.8. The highest BCUT2D eigenvalue weighted by Crippen LogP contribution is 2.35. The van der Waals surface area contributed by atoms with Crippen molar-refractivity contribution < 1.29 is 9.47 Å². The normalized spacial score (nSPS) is 25.2. The maximum Gasteiger partial charge on any atom is 0.119 e. The van der Waals surface area contributed by atoms with Crippen molar-refractivity contribution in [2.75, 3.05) is 13.2 Å². The van der Waals surface area contributed by atoms with Crippen LogP contribution in [-0.2, 0) is 0 Å². The van der Waals surface area contributed by atoms with Gasteiger partial charge < -0.3 is 9.47 Å². The van der Waals surface area contributed by atoms with Gasteiger partial charge >= 0.3 is 0 Å². The third-order valence-electron chi connectivity index (χ3n) is 8.68. The summed E-state index contributed by atoms with van der Waals surface area (Å²) in [5.41, 5.74) is 0. The van der Waals surface area contributed by atoms with Crippen molar-refractivity contribution in [3.8, 4) is 11.5 Å². The van der Waals surface area contributed by atoms with Gasteiger partial charge in [0.2, 0.25) is 0 Å². The standard InChI is InChI=1S/C32H54O2/c1-3-5-6-7-8-11-28-13-15-29(16-14-28)12-9-25-33-31-21-23-32(24-22-31)34-26-30-19-17-27(10-4-2)18-20-30/h21-24,27-30H,3-20,25-26H2,1-2H3. The average Bonchev–Trinajstić information content (AvgIpc) is 2.88. The van der Waals surface area contributed by atoms with E-state index in [2.05, 4.69) is 38.1 Å². The predicted octanol–water partition coefficient (Wildman–Crippen LogP) is 10.00. The second-order valence-electron chi connectivity index (χ2n) is 11.5. The van der Waals surface area contributed by atoms with Gasteiger partial charge in [-0.15, -0.1) is 0 Å². The molecule has 2 saturated carbocycles. The van der Waals surface area contributed by atoms with Crippen LogP contribution in [0.3, 0.4) is 0 Å². The first-order valence-corrected chi connectivity index (χ1v) is 15.1. The summed E-state index contributed by atoms with van der Waals surface area (Å²) < 4.78 is 12.1. The molecule has 0 aliphatic heterocycles. The number of hydrogen-bond acceptors (Lipinski definition) is 2.